The minimum absolute atomic E-state index is 0.00860. The summed E-state index contributed by atoms with van der Waals surface area (Å²) in [4.78, 5) is 23.5. The molecule has 0 bridgehead atoms. The van der Waals surface area contributed by atoms with Gasteiger partial charge < -0.3 is 5.11 Å². The first-order valence-electron chi connectivity index (χ1n) is 9.71. The number of carbonyl (C=O) groups is 1. The third-order valence-electron chi connectivity index (χ3n) is 5.26. The highest BCUT2D eigenvalue weighted by atomic mass is 19.4. The molecule has 0 aromatic heterocycles. The fourth-order valence-electron chi connectivity index (χ4n) is 3.57. The number of benzene rings is 3. The Bertz CT molecular complexity index is 1240. The summed E-state index contributed by atoms with van der Waals surface area (Å²) in [6.45, 7) is 0. The molecule has 10 heteroatoms. The van der Waals surface area contributed by atoms with Gasteiger partial charge in [-0.15, -0.1) is 0 Å². The summed E-state index contributed by atoms with van der Waals surface area (Å²) in [7, 11) is 0. The van der Waals surface area contributed by atoms with Crippen molar-refractivity contribution in [1.29, 1.82) is 0 Å². The van der Waals surface area contributed by atoms with Crippen LogP contribution >= 0.6 is 0 Å². The number of nitro benzene ring substituents is 1. The summed E-state index contributed by atoms with van der Waals surface area (Å²) in [5.41, 5.74) is -2.97. The van der Waals surface area contributed by atoms with Gasteiger partial charge in [-0.3, -0.25) is 14.9 Å². The largest absolute Gasteiger partial charge is 0.431 e. The fraction of sp³-hybridized carbons (Fsp3) is 0.130. The number of rotatable bonds is 4. The molecule has 3 aromatic carbocycles. The number of carbonyl (C=O) groups excluding carboxylic acids is 1. The first kappa shape index (κ1) is 22.2. The standard InChI is InChI=1S/C23H16F3N3O4/c24-23(25,26)20-14-22(31,18-7-4-8-19(13-18)29(32)33)28(27-20)21(30)17-11-9-16(10-12-17)15-5-2-1-3-6-15/h1-13,31H,14H2/t22-/m1/s1. The van der Waals surface area contributed by atoms with Gasteiger partial charge in [-0.25, -0.2) is 0 Å². The quantitative estimate of drug-likeness (QED) is 0.448. The van der Waals surface area contributed by atoms with Gasteiger partial charge in [-0.1, -0.05) is 54.6 Å². The van der Waals surface area contributed by atoms with Crippen LogP contribution in [0.15, 0.2) is 84.0 Å². The molecular formula is C23H16F3N3O4. The summed E-state index contributed by atoms with van der Waals surface area (Å²) in [5, 5.41) is 26.0. The van der Waals surface area contributed by atoms with Crippen LogP contribution < -0.4 is 0 Å². The molecule has 1 aliphatic heterocycles. The summed E-state index contributed by atoms with van der Waals surface area (Å²) in [6.07, 6.45) is -5.97. The number of halogens is 3. The lowest BCUT2D eigenvalue weighted by atomic mass is 9.96. The maximum Gasteiger partial charge on any atom is 0.431 e. The second-order valence-corrected chi connectivity index (χ2v) is 7.41. The van der Waals surface area contributed by atoms with Gasteiger partial charge in [0.05, 0.1) is 11.3 Å². The Hall–Kier alpha value is -4.05. The van der Waals surface area contributed by atoms with E-state index in [-0.39, 0.29) is 11.1 Å². The smallest absolute Gasteiger partial charge is 0.365 e. The van der Waals surface area contributed by atoms with Crippen LogP contribution in [0, 0.1) is 10.1 Å². The number of amides is 1. The second-order valence-electron chi connectivity index (χ2n) is 7.41. The monoisotopic (exact) mass is 455 g/mol. The number of alkyl halides is 3. The minimum atomic E-state index is -4.90. The van der Waals surface area contributed by atoms with E-state index < -0.39 is 40.6 Å². The van der Waals surface area contributed by atoms with Crippen molar-refractivity contribution in [2.24, 2.45) is 5.10 Å². The zero-order valence-corrected chi connectivity index (χ0v) is 16.9. The maximum atomic E-state index is 13.4. The lowest BCUT2D eigenvalue weighted by Crippen LogP contribution is -2.43. The van der Waals surface area contributed by atoms with Gasteiger partial charge >= 0.3 is 6.18 Å². The van der Waals surface area contributed by atoms with E-state index in [0.29, 0.717) is 5.01 Å². The van der Waals surface area contributed by atoms with Crippen molar-refractivity contribution in [3.8, 4) is 11.1 Å². The molecule has 1 aliphatic rings. The lowest BCUT2D eigenvalue weighted by molar-refractivity contribution is -0.385. The van der Waals surface area contributed by atoms with Crippen LogP contribution in [0.4, 0.5) is 18.9 Å². The van der Waals surface area contributed by atoms with Crippen LogP contribution in [0.1, 0.15) is 22.3 Å². The second kappa shape index (κ2) is 8.14. The molecule has 1 heterocycles. The van der Waals surface area contributed by atoms with Crippen LogP contribution in [-0.4, -0.2) is 32.8 Å². The van der Waals surface area contributed by atoms with Crippen LogP contribution in [0.25, 0.3) is 11.1 Å². The molecule has 1 amide bonds. The number of hydrogen-bond acceptors (Lipinski definition) is 5. The first-order chi connectivity index (χ1) is 15.6. The van der Waals surface area contributed by atoms with Crippen molar-refractivity contribution in [2.75, 3.05) is 0 Å². The predicted octanol–water partition coefficient (Wildman–Crippen LogP) is 4.87. The molecule has 1 atom stereocenters. The Kier molecular flexibility index (Phi) is 5.46. The van der Waals surface area contributed by atoms with Gasteiger partial charge in [0, 0.05) is 23.3 Å². The van der Waals surface area contributed by atoms with E-state index in [0.717, 1.165) is 23.3 Å². The third kappa shape index (κ3) is 4.20. The van der Waals surface area contributed by atoms with Crippen molar-refractivity contribution in [3.05, 3.63) is 100 Å². The van der Waals surface area contributed by atoms with Gasteiger partial charge in [0.25, 0.3) is 11.6 Å². The molecule has 33 heavy (non-hydrogen) atoms. The average molecular weight is 455 g/mol. The zero-order valence-electron chi connectivity index (χ0n) is 16.9. The van der Waals surface area contributed by atoms with Crippen molar-refractivity contribution < 1.29 is 28.0 Å². The molecule has 4 rings (SSSR count). The van der Waals surface area contributed by atoms with Gasteiger partial charge in [0.2, 0.25) is 0 Å². The summed E-state index contributed by atoms with van der Waals surface area (Å²) in [5.74, 6) is -0.983. The fourth-order valence-corrected chi connectivity index (χ4v) is 3.57. The molecule has 0 saturated heterocycles. The van der Waals surface area contributed by atoms with Gasteiger partial charge in [-0.05, 0) is 23.3 Å². The molecule has 7 nitrogen and oxygen atoms in total. The van der Waals surface area contributed by atoms with E-state index in [1.807, 2.05) is 30.3 Å². The summed E-state index contributed by atoms with van der Waals surface area (Å²) < 4.78 is 40.3. The minimum Gasteiger partial charge on any atom is -0.365 e. The van der Waals surface area contributed by atoms with Crippen LogP contribution in [0.5, 0.6) is 0 Å². The molecule has 0 spiro atoms. The number of hydrogen-bond donors (Lipinski definition) is 1. The number of nitrogens with zero attached hydrogens (tertiary/aromatic N) is 3. The van der Waals surface area contributed by atoms with Crippen molar-refractivity contribution >= 4 is 17.3 Å². The van der Waals surface area contributed by atoms with E-state index in [1.54, 1.807) is 12.1 Å². The van der Waals surface area contributed by atoms with E-state index in [1.165, 1.54) is 24.3 Å². The predicted molar refractivity (Wildman–Crippen MR) is 113 cm³/mol. The molecule has 1 N–H and O–H groups in total. The van der Waals surface area contributed by atoms with Gasteiger partial charge in [-0.2, -0.15) is 23.3 Å². The Morgan fingerprint density at radius 1 is 1.00 bits per heavy atom. The van der Waals surface area contributed by atoms with Gasteiger partial charge in [0.15, 0.2) is 5.72 Å². The van der Waals surface area contributed by atoms with Crippen LogP contribution in [0.3, 0.4) is 0 Å². The van der Waals surface area contributed by atoms with E-state index in [4.69, 9.17) is 0 Å². The SMILES string of the molecule is O=C(c1ccc(-c2ccccc2)cc1)N1N=C(C(F)(F)F)C[C@@]1(O)c1cccc([N+](=O)[O-])c1. The molecular weight excluding hydrogens is 439 g/mol. The van der Waals surface area contributed by atoms with Gasteiger partial charge in [0.1, 0.15) is 5.71 Å². The van der Waals surface area contributed by atoms with Crippen molar-refractivity contribution in [2.45, 2.75) is 18.3 Å². The third-order valence-corrected chi connectivity index (χ3v) is 5.26. The molecule has 3 aromatic rings. The van der Waals surface area contributed by atoms with E-state index in [9.17, 15) is 33.2 Å². The number of aliphatic hydroxyl groups is 1. The molecule has 0 radical (unpaired) electrons. The Balaban J connectivity index is 1.73. The molecule has 0 saturated carbocycles. The lowest BCUT2D eigenvalue weighted by Gasteiger charge is -2.31. The Morgan fingerprint density at radius 3 is 2.24 bits per heavy atom. The maximum absolute atomic E-state index is 13.4. The van der Waals surface area contributed by atoms with Crippen LogP contribution in [-0.2, 0) is 5.72 Å². The zero-order chi connectivity index (χ0) is 23.8. The highest BCUT2D eigenvalue weighted by molar-refractivity contribution is 6.00. The first-order valence-corrected chi connectivity index (χ1v) is 9.71. The summed E-state index contributed by atoms with van der Waals surface area (Å²) in [6, 6.07) is 19.8. The van der Waals surface area contributed by atoms with Crippen LogP contribution in [0.2, 0.25) is 0 Å². The Morgan fingerprint density at radius 2 is 1.64 bits per heavy atom. The summed E-state index contributed by atoms with van der Waals surface area (Å²) >= 11 is 0. The van der Waals surface area contributed by atoms with E-state index >= 15 is 0 Å². The number of nitro groups is 1. The normalized spacial score (nSPS) is 18.2. The molecule has 168 valence electrons. The number of hydrazone groups is 1. The highest BCUT2D eigenvalue weighted by Crippen LogP contribution is 2.41. The average Bonchev–Trinajstić information content (AvgIpc) is 3.18. The topological polar surface area (TPSA) is 96.0 Å². The van der Waals surface area contributed by atoms with Crippen molar-refractivity contribution in [1.82, 2.24) is 5.01 Å². The highest BCUT2D eigenvalue weighted by Gasteiger charge is 2.53. The molecule has 0 aliphatic carbocycles. The molecule has 0 unspecified atom stereocenters. The molecule has 0 fully saturated rings. The van der Waals surface area contributed by atoms with Crippen molar-refractivity contribution in [3.63, 3.8) is 0 Å². The van der Waals surface area contributed by atoms with E-state index in [2.05, 4.69) is 5.10 Å². The number of non-ortho nitro benzene ring substituents is 1. The Labute approximate surface area is 185 Å².